The van der Waals surface area contributed by atoms with Crippen molar-refractivity contribution in [3.8, 4) is 0 Å². The van der Waals surface area contributed by atoms with Crippen LogP contribution in [0.3, 0.4) is 0 Å². The number of hydrogen-bond donors (Lipinski definition) is 1. The van der Waals surface area contributed by atoms with Gasteiger partial charge in [0.2, 0.25) is 0 Å². The van der Waals surface area contributed by atoms with E-state index < -0.39 is 5.97 Å². The lowest BCUT2D eigenvalue weighted by Crippen LogP contribution is -2.01. The normalized spacial score (nSPS) is 12.3. The van der Waals surface area contributed by atoms with Crippen LogP contribution in [0.1, 0.15) is 62.7 Å². The van der Waals surface area contributed by atoms with Gasteiger partial charge in [0.05, 0.1) is 5.56 Å². The number of thioether (sulfide) groups is 1. The van der Waals surface area contributed by atoms with Gasteiger partial charge in [-0.3, -0.25) is 0 Å². The van der Waals surface area contributed by atoms with E-state index in [0.29, 0.717) is 10.8 Å². The first kappa shape index (κ1) is 16.1. The van der Waals surface area contributed by atoms with E-state index in [4.69, 9.17) is 5.11 Å². The summed E-state index contributed by atoms with van der Waals surface area (Å²) in [6.07, 6.45) is 7.65. The van der Waals surface area contributed by atoms with Crippen LogP contribution in [-0.4, -0.2) is 16.3 Å². The fourth-order valence-corrected chi connectivity index (χ4v) is 3.14. The molecule has 0 unspecified atom stereocenters. The van der Waals surface area contributed by atoms with Crippen molar-refractivity contribution < 1.29 is 9.90 Å². The highest BCUT2D eigenvalue weighted by atomic mass is 32.2. The van der Waals surface area contributed by atoms with Gasteiger partial charge in [0.15, 0.2) is 0 Å². The zero-order chi connectivity index (χ0) is 14.1. The molecule has 0 aliphatic carbocycles. The summed E-state index contributed by atoms with van der Waals surface area (Å²) >= 11 is 1.87. The molecule has 0 saturated carbocycles. The lowest BCUT2D eigenvalue weighted by Gasteiger charge is -2.14. The van der Waals surface area contributed by atoms with Crippen LogP contribution in [-0.2, 0) is 0 Å². The maximum absolute atomic E-state index is 10.8. The third kappa shape index (κ3) is 6.15. The average molecular weight is 280 g/mol. The molecule has 0 aromatic heterocycles. The van der Waals surface area contributed by atoms with Crippen LogP contribution in [0.5, 0.6) is 0 Å². The second-order valence-electron chi connectivity index (χ2n) is 4.83. The van der Waals surface area contributed by atoms with Crippen LogP contribution >= 0.6 is 11.8 Å². The molecule has 0 bridgehead atoms. The molecular formula is C16H24O2S. The van der Waals surface area contributed by atoms with E-state index in [1.165, 1.54) is 37.0 Å². The molecule has 0 aliphatic heterocycles. The highest BCUT2D eigenvalue weighted by Gasteiger charge is 2.09. The quantitative estimate of drug-likeness (QED) is 0.497. The number of aromatic carboxylic acids is 1. The molecule has 1 rings (SSSR count). The molecule has 0 heterocycles. The maximum Gasteiger partial charge on any atom is 0.335 e. The Morgan fingerprint density at radius 3 is 2.37 bits per heavy atom. The van der Waals surface area contributed by atoms with Crippen molar-refractivity contribution in [3.05, 3.63) is 29.8 Å². The topological polar surface area (TPSA) is 37.3 Å². The van der Waals surface area contributed by atoms with Crippen molar-refractivity contribution in [2.45, 2.75) is 62.5 Å². The number of carbonyl (C=O) groups is 1. The van der Waals surface area contributed by atoms with Gasteiger partial charge in [0, 0.05) is 10.1 Å². The van der Waals surface area contributed by atoms with Gasteiger partial charge >= 0.3 is 5.97 Å². The third-order valence-electron chi connectivity index (χ3n) is 3.24. The lowest BCUT2D eigenvalue weighted by atomic mass is 10.1. The Labute approximate surface area is 120 Å². The van der Waals surface area contributed by atoms with Gasteiger partial charge in [0.25, 0.3) is 0 Å². The van der Waals surface area contributed by atoms with Crippen LogP contribution in [0.15, 0.2) is 29.2 Å². The van der Waals surface area contributed by atoms with Crippen molar-refractivity contribution in [1.82, 2.24) is 0 Å². The first-order valence-corrected chi connectivity index (χ1v) is 8.05. The molecule has 0 aliphatic rings. The van der Waals surface area contributed by atoms with Crippen LogP contribution in [0.2, 0.25) is 0 Å². The minimum atomic E-state index is -0.858. The fraction of sp³-hybridized carbons (Fsp3) is 0.562. The molecule has 1 atom stereocenters. The second-order valence-corrected chi connectivity index (χ2v) is 6.20. The Morgan fingerprint density at radius 2 is 1.84 bits per heavy atom. The minimum absolute atomic E-state index is 0.361. The maximum atomic E-state index is 10.8. The van der Waals surface area contributed by atoms with Crippen molar-refractivity contribution in [2.75, 3.05) is 0 Å². The molecule has 0 spiro atoms. The highest BCUT2D eigenvalue weighted by molar-refractivity contribution is 8.00. The summed E-state index contributed by atoms with van der Waals surface area (Å²) in [6, 6.07) is 7.22. The highest BCUT2D eigenvalue weighted by Crippen LogP contribution is 2.29. The molecule has 106 valence electrons. The zero-order valence-corrected chi connectivity index (χ0v) is 12.7. The van der Waals surface area contributed by atoms with E-state index in [1.54, 1.807) is 12.1 Å². The number of hydrogen-bond acceptors (Lipinski definition) is 2. The van der Waals surface area contributed by atoms with E-state index in [9.17, 15) is 4.79 Å². The van der Waals surface area contributed by atoms with Gasteiger partial charge in [-0.2, -0.15) is 0 Å². The summed E-state index contributed by atoms with van der Waals surface area (Å²) in [4.78, 5) is 12.0. The Hall–Kier alpha value is -0.960. The fourth-order valence-electron chi connectivity index (χ4n) is 2.01. The molecule has 0 saturated heterocycles. The SMILES string of the molecule is CCCCCC[C@@H](CC)Sc1ccc(C(=O)O)cc1. The summed E-state index contributed by atoms with van der Waals surface area (Å²) in [5, 5.41) is 9.51. The molecule has 0 radical (unpaired) electrons. The van der Waals surface area contributed by atoms with Crippen LogP contribution in [0.4, 0.5) is 0 Å². The molecule has 19 heavy (non-hydrogen) atoms. The van der Waals surface area contributed by atoms with Crippen molar-refractivity contribution in [3.63, 3.8) is 0 Å². The molecule has 1 aromatic rings. The van der Waals surface area contributed by atoms with Crippen molar-refractivity contribution in [1.29, 1.82) is 0 Å². The Balaban J connectivity index is 2.44. The van der Waals surface area contributed by atoms with Gasteiger partial charge in [-0.25, -0.2) is 4.79 Å². The Kier molecular flexibility index (Phi) is 7.65. The van der Waals surface area contributed by atoms with Crippen molar-refractivity contribution >= 4 is 17.7 Å². The van der Waals surface area contributed by atoms with Gasteiger partial charge in [-0.15, -0.1) is 11.8 Å². The van der Waals surface area contributed by atoms with Gasteiger partial charge < -0.3 is 5.11 Å². The number of carboxylic acid groups (broad SMARTS) is 1. The monoisotopic (exact) mass is 280 g/mol. The predicted octanol–water partition coefficient (Wildman–Crippen LogP) is 5.23. The zero-order valence-electron chi connectivity index (χ0n) is 11.9. The number of unbranched alkanes of at least 4 members (excludes halogenated alkanes) is 3. The molecular weight excluding hydrogens is 256 g/mol. The summed E-state index contributed by atoms with van der Waals surface area (Å²) < 4.78 is 0. The minimum Gasteiger partial charge on any atom is -0.478 e. The number of rotatable bonds is 9. The first-order chi connectivity index (χ1) is 9.17. The molecule has 0 fully saturated rings. The van der Waals surface area contributed by atoms with Gasteiger partial charge in [0.1, 0.15) is 0 Å². The Morgan fingerprint density at radius 1 is 1.16 bits per heavy atom. The second kappa shape index (κ2) is 9.03. The van der Waals surface area contributed by atoms with Crippen LogP contribution < -0.4 is 0 Å². The van der Waals surface area contributed by atoms with E-state index >= 15 is 0 Å². The average Bonchev–Trinajstić information content (AvgIpc) is 2.42. The van der Waals surface area contributed by atoms with E-state index in [1.807, 2.05) is 23.9 Å². The standard InChI is InChI=1S/C16H24O2S/c1-3-5-6-7-8-14(4-2)19-15-11-9-13(10-12-15)16(17)18/h9-12,14H,3-8H2,1-2H3,(H,17,18)/t14-/m1/s1. The van der Waals surface area contributed by atoms with Crippen molar-refractivity contribution in [2.24, 2.45) is 0 Å². The van der Waals surface area contributed by atoms with E-state index in [0.717, 1.165) is 6.42 Å². The molecule has 2 nitrogen and oxygen atoms in total. The largest absolute Gasteiger partial charge is 0.478 e. The lowest BCUT2D eigenvalue weighted by molar-refractivity contribution is 0.0697. The molecule has 0 amide bonds. The molecule has 1 N–H and O–H groups in total. The molecule has 1 aromatic carbocycles. The summed E-state index contributed by atoms with van der Waals surface area (Å²) in [5.74, 6) is -0.858. The number of carboxylic acids is 1. The van der Waals surface area contributed by atoms with Gasteiger partial charge in [-0.05, 0) is 37.1 Å². The molecule has 3 heteroatoms. The Bertz CT molecular complexity index is 373. The smallest absolute Gasteiger partial charge is 0.335 e. The summed E-state index contributed by atoms with van der Waals surface area (Å²) in [5.41, 5.74) is 0.361. The van der Waals surface area contributed by atoms with Gasteiger partial charge in [-0.1, -0.05) is 39.5 Å². The summed E-state index contributed by atoms with van der Waals surface area (Å²) in [6.45, 7) is 4.46. The summed E-state index contributed by atoms with van der Waals surface area (Å²) in [7, 11) is 0. The third-order valence-corrected chi connectivity index (χ3v) is 4.69. The van der Waals surface area contributed by atoms with E-state index in [-0.39, 0.29) is 0 Å². The van der Waals surface area contributed by atoms with Crippen LogP contribution in [0.25, 0.3) is 0 Å². The van der Waals surface area contributed by atoms with Crippen LogP contribution in [0, 0.1) is 0 Å². The predicted molar refractivity (Wildman–Crippen MR) is 82.1 cm³/mol. The van der Waals surface area contributed by atoms with E-state index in [2.05, 4.69) is 13.8 Å². The number of benzene rings is 1. The first-order valence-electron chi connectivity index (χ1n) is 7.17.